The Kier molecular flexibility index (Phi) is 8.37. The molecule has 2 fully saturated rings. The van der Waals surface area contributed by atoms with Gasteiger partial charge in [-0.15, -0.1) is 0 Å². The number of nitrogens with one attached hydrogen (secondary N) is 1. The van der Waals surface area contributed by atoms with Gasteiger partial charge in [0.25, 0.3) is 0 Å². The van der Waals surface area contributed by atoms with Crippen molar-refractivity contribution in [1.29, 1.82) is 5.41 Å². The van der Waals surface area contributed by atoms with Gasteiger partial charge in [0.05, 0.1) is 13.7 Å². The number of nitrogens with zero attached hydrogens (tertiary/aromatic N) is 2. The molecule has 0 aromatic heterocycles. The number of rotatable bonds is 9. The number of ether oxygens (including phenoxy) is 3. The number of cyclic esters (lactones) is 1. The van der Waals surface area contributed by atoms with Gasteiger partial charge in [0.2, 0.25) is 0 Å². The molecule has 3 unspecified atom stereocenters. The second-order valence-electron chi connectivity index (χ2n) is 8.63. The minimum absolute atomic E-state index is 0.106. The summed E-state index contributed by atoms with van der Waals surface area (Å²) in [5, 5.41) is 7.60. The van der Waals surface area contributed by atoms with Gasteiger partial charge in [-0.3, -0.25) is 10.2 Å². The van der Waals surface area contributed by atoms with Crippen molar-refractivity contribution in [2.75, 3.05) is 33.4 Å². The number of esters is 1. The summed E-state index contributed by atoms with van der Waals surface area (Å²) in [5.41, 5.74) is 12.3. The molecule has 182 valence electrons. The van der Waals surface area contributed by atoms with Gasteiger partial charge in [-0.1, -0.05) is 19.1 Å². The molecular weight excluding hydrogens is 426 g/mol. The second-order valence-corrected chi connectivity index (χ2v) is 8.63. The molecule has 2 aliphatic rings. The number of hydrogen-bond acceptors (Lipinski definition) is 7. The normalized spacial score (nSPS) is 20.8. The van der Waals surface area contributed by atoms with Crippen LogP contribution in [-0.4, -0.2) is 79.4 Å². The molecule has 0 bridgehead atoms. The first-order valence-electron chi connectivity index (χ1n) is 11.4. The van der Waals surface area contributed by atoms with Crippen molar-refractivity contribution >= 4 is 18.0 Å². The predicted molar refractivity (Wildman–Crippen MR) is 123 cm³/mol. The Morgan fingerprint density at radius 3 is 2.52 bits per heavy atom. The molecule has 2 aliphatic heterocycles. The lowest BCUT2D eigenvalue weighted by molar-refractivity contribution is -0.142. The summed E-state index contributed by atoms with van der Waals surface area (Å²) in [6.07, 6.45) is 2.39. The van der Waals surface area contributed by atoms with Gasteiger partial charge in [0.15, 0.2) is 12.1 Å². The van der Waals surface area contributed by atoms with Crippen LogP contribution in [0.4, 0.5) is 4.79 Å². The van der Waals surface area contributed by atoms with E-state index in [0.717, 1.165) is 37.9 Å². The lowest BCUT2D eigenvalue weighted by atomic mass is 9.87. The number of nitrogens with two attached hydrogens (primary N) is 2. The maximum atomic E-state index is 12.6. The molecule has 1 amide bonds. The van der Waals surface area contributed by atoms with Gasteiger partial charge in [-0.2, -0.15) is 0 Å². The van der Waals surface area contributed by atoms with E-state index in [4.69, 9.17) is 26.4 Å². The lowest BCUT2D eigenvalue weighted by Gasteiger charge is -2.38. The molecule has 10 heteroatoms. The zero-order valence-corrected chi connectivity index (χ0v) is 19.4. The van der Waals surface area contributed by atoms with E-state index in [0.29, 0.717) is 24.6 Å². The van der Waals surface area contributed by atoms with E-state index in [2.05, 4.69) is 11.7 Å². The van der Waals surface area contributed by atoms with Crippen molar-refractivity contribution in [3.05, 3.63) is 29.8 Å². The van der Waals surface area contributed by atoms with Gasteiger partial charge in [-0.25, -0.2) is 4.79 Å². The lowest BCUT2D eigenvalue weighted by Crippen LogP contribution is -2.48. The molecule has 0 aliphatic carbocycles. The fourth-order valence-corrected chi connectivity index (χ4v) is 4.63. The van der Waals surface area contributed by atoms with Crippen LogP contribution in [0.5, 0.6) is 5.75 Å². The monoisotopic (exact) mass is 461 g/mol. The van der Waals surface area contributed by atoms with Crippen LogP contribution in [0.15, 0.2) is 24.3 Å². The van der Waals surface area contributed by atoms with Crippen molar-refractivity contribution in [3.63, 3.8) is 0 Å². The van der Waals surface area contributed by atoms with Crippen LogP contribution in [-0.2, 0) is 20.7 Å². The third-order valence-corrected chi connectivity index (χ3v) is 6.46. The molecule has 3 rings (SSSR count). The number of amides is 1. The summed E-state index contributed by atoms with van der Waals surface area (Å²) in [6, 6.07) is 6.73. The van der Waals surface area contributed by atoms with Crippen LogP contribution in [0.1, 0.15) is 31.7 Å². The molecule has 5 N–H and O–H groups in total. The van der Waals surface area contributed by atoms with Crippen molar-refractivity contribution < 1.29 is 23.8 Å². The largest absolute Gasteiger partial charge is 0.490 e. The Labute approximate surface area is 194 Å². The van der Waals surface area contributed by atoms with Gasteiger partial charge >= 0.3 is 12.1 Å². The Bertz CT molecular complexity index is 825. The molecule has 2 saturated heterocycles. The maximum absolute atomic E-state index is 12.6. The summed E-state index contributed by atoms with van der Waals surface area (Å²) >= 11 is 0. The Morgan fingerprint density at radius 1 is 1.27 bits per heavy atom. The number of piperidine rings is 1. The van der Waals surface area contributed by atoms with E-state index >= 15 is 0 Å². The summed E-state index contributed by atoms with van der Waals surface area (Å²) in [5.74, 6) is 0.682. The minimum atomic E-state index is -0.702. The number of hydrogen-bond donors (Lipinski definition) is 3. The zero-order chi connectivity index (χ0) is 24.0. The number of benzene rings is 1. The highest BCUT2D eigenvalue weighted by molar-refractivity contribution is 5.75. The van der Waals surface area contributed by atoms with Crippen molar-refractivity contribution in [2.24, 2.45) is 17.4 Å². The summed E-state index contributed by atoms with van der Waals surface area (Å²) in [7, 11) is 1.32. The van der Waals surface area contributed by atoms with Crippen LogP contribution < -0.4 is 16.2 Å². The molecule has 3 atom stereocenters. The number of methoxy groups -OCH3 is 1. The smallest absolute Gasteiger partial charge is 0.410 e. The van der Waals surface area contributed by atoms with Crippen LogP contribution in [0.2, 0.25) is 0 Å². The SMILES string of the molecule is CCC(C1CCN(C(=N)N)CC1)N1CC(COc2ccc(CC(N)C(=O)OC)cc2)OC1=O. The van der Waals surface area contributed by atoms with E-state index in [-0.39, 0.29) is 30.8 Å². The third kappa shape index (κ3) is 6.28. The Morgan fingerprint density at radius 2 is 1.94 bits per heavy atom. The quantitative estimate of drug-likeness (QED) is 0.284. The highest BCUT2D eigenvalue weighted by Gasteiger charge is 2.39. The van der Waals surface area contributed by atoms with Gasteiger partial charge < -0.3 is 35.5 Å². The maximum Gasteiger partial charge on any atom is 0.410 e. The first-order valence-corrected chi connectivity index (χ1v) is 11.4. The third-order valence-electron chi connectivity index (χ3n) is 6.46. The fraction of sp³-hybridized carbons (Fsp3) is 0.609. The van der Waals surface area contributed by atoms with Crippen LogP contribution in [0.3, 0.4) is 0 Å². The highest BCUT2D eigenvalue weighted by atomic mass is 16.6. The average molecular weight is 462 g/mol. The summed E-state index contributed by atoms with van der Waals surface area (Å²) in [4.78, 5) is 27.7. The molecule has 1 aromatic rings. The van der Waals surface area contributed by atoms with Crippen LogP contribution in [0.25, 0.3) is 0 Å². The molecule has 10 nitrogen and oxygen atoms in total. The second kappa shape index (κ2) is 11.2. The van der Waals surface area contributed by atoms with Gasteiger partial charge in [0, 0.05) is 19.1 Å². The van der Waals surface area contributed by atoms with Gasteiger partial charge in [0.1, 0.15) is 18.4 Å². The van der Waals surface area contributed by atoms with Crippen LogP contribution >= 0.6 is 0 Å². The Balaban J connectivity index is 1.49. The van der Waals surface area contributed by atoms with Crippen LogP contribution in [0, 0.1) is 11.3 Å². The molecule has 0 saturated carbocycles. The molecule has 2 heterocycles. The molecule has 1 aromatic carbocycles. The Hall–Kier alpha value is -3.01. The highest BCUT2D eigenvalue weighted by Crippen LogP contribution is 2.29. The van der Waals surface area contributed by atoms with E-state index in [1.165, 1.54) is 7.11 Å². The van der Waals surface area contributed by atoms with Crippen molar-refractivity contribution in [3.8, 4) is 5.75 Å². The van der Waals surface area contributed by atoms with Crippen molar-refractivity contribution in [2.45, 2.75) is 50.8 Å². The predicted octanol–water partition coefficient (Wildman–Crippen LogP) is 1.31. The van der Waals surface area contributed by atoms with E-state index < -0.39 is 12.0 Å². The van der Waals surface area contributed by atoms with E-state index in [1.54, 1.807) is 0 Å². The summed E-state index contributed by atoms with van der Waals surface area (Å²) < 4.78 is 16.1. The molecule has 0 radical (unpaired) electrons. The number of carbonyl (C=O) groups excluding carboxylic acids is 2. The average Bonchev–Trinajstić information content (AvgIpc) is 3.19. The topological polar surface area (TPSA) is 144 Å². The van der Waals surface area contributed by atoms with E-state index in [9.17, 15) is 9.59 Å². The molecular formula is C23H35N5O5. The van der Waals surface area contributed by atoms with Crippen molar-refractivity contribution in [1.82, 2.24) is 9.80 Å². The zero-order valence-electron chi connectivity index (χ0n) is 19.4. The number of carbonyl (C=O) groups is 2. The standard InChI is InChI=1S/C23H35N5O5/c1-3-20(16-8-10-27(11-9-16)22(25)26)28-13-18(33-23(28)30)14-32-17-6-4-15(5-7-17)12-19(24)21(29)31-2/h4-7,16,18-20H,3,8-14,24H2,1-2H3,(H3,25,26). The van der Waals surface area contributed by atoms with Gasteiger partial charge in [-0.05, 0) is 49.3 Å². The first-order chi connectivity index (χ1) is 15.8. The summed E-state index contributed by atoms with van der Waals surface area (Å²) in [6.45, 7) is 4.34. The molecule has 33 heavy (non-hydrogen) atoms. The number of guanidine groups is 1. The number of likely N-dealkylation sites (tertiary alicyclic amines) is 1. The minimum Gasteiger partial charge on any atom is -0.490 e. The van der Waals surface area contributed by atoms with E-state index in [1.807, 2.05) is 34.1 Å². The molecule has 0 spiro atoms. The first kappa shape index (κ1) is 24.6. The fourth-order valence-electron chi connectivity index (χ4n) is 4.63.